The molecule has 0 aromatic heterocycles. The van der Waals surface area contributed by atoms with Crippen molar-refractivity contribution in [1.82, 2.24) is 10.2 Å². The van der Waals surface area contributed by atoms with Crippen molar-refractivity contribution in [2.24, 2.45) is 5.92 Å². The molecular weight excluding hydrogens is 402 g/mol. The first-order valence-electron chi connectivity index (χ1n) is 11.2. The van der Waals surface area contributed by atoms with E-state index >= 15 is 0 Å². The molecule has 1 unspecified atom stereocenters. The standard InChI is InChI=1S/C26H33N3O3/c1-16(2)10-24(31)29-15-21-9-7-6-8-20(21)13-22(29)26(32)27-14-23(30)28-25-18(4)11-17(3)12-19(25)5/h6-9,11-12,16,22H,10,13-15H2,1-5H3,(H,27,32)(H,28,30). The quantitative estimate of drug-likeness (QED) is 0.727. The minimum Gasteiger partial charge on any atom is -0.345 e. The van der Waals surface area contributed by atoms with E-state index in [0.717, 1.165) is 33.5 Å². The maximum Gasteiger partial charge on any atom is 0.243 e. The summed E-state index contributed by atoms with van der Waals surface area (Å²) in [5.74, 6) is -0.422. The van der Waals surface area contributed by atoms with Crippen molar-refractivity contribution in [1.29, 1.82) is 0 Å². The molecule has 0 spiro atoms. The highest BCUT2D eigenvalue weighted by Gasteiger charge is 2.34. The lowest BCUT2D eigenvalue weighted by atomic mass is 9.92. The Morgan fingerprint density at radius 3 is 2.28 bits per heavy atom. The molecular formula is C26H33N3O3. The fraction of sp³-hybridized carbons (Fsp3) is 0.423. The Labute approximate surface area is 190 Å². The zero-order valence-electron chi connectivity index (χ0n) is 19.6. The molecule has 0 bridgehead atoms. The zero-order chi connectivity index (χ0) is 23.4. The van der Waals surface area contributed by atoms with Gasteiger partial charge in [0.1, 0.15) is 6.04 Å². The summed E-state index contributed by atoms with van der Waals surface area (Å²) in [4.78, 5) is 40.1. The minimum atomic E-state index is -0.619. The molecule has 2 aromatic carbocycles. The zero-order valence-corrected chi connectivity index (χ0v) is 19.6. The Bertz CT molecular complexity index is 1010. The number of benzene rings is 2. The van der Waals surface area contributed by atoms with E-state index < -0.39 is 6.04 Å². The second kappa shape index (κ2) is 9.98. The number of anilines is 1. The minimum absolute atomic E-state index is 0.0370. The van der Waals surface area contributed by atoms with Gasteiger partial charge < -0.3 is 15.5 Å². The molecule has 6 nitrogen and oxygen atoms in total. The van der Waals surface area contributed by atoms with Crippen LogP contribution in [0.5, 0.6) is 0 Å². The second-order valence-electron chi connectivity index (χ2n) is 9.15. The molecule has 3 rings (SSSR count). The third-order valence-electron chi connectivity index (χ3n) is 5.82. The predicted octanol–water partition coefficient (Wildman–Crippen LogP) is 3.67. The van der Waals surface area contributed by atoms with Crippen LogP contribution >= 0.6 is 0 Å². The van der Waals surface area contributed by atoms with E-state index in [1.807, 2.05) is 71.0 Å². The molecule has 0 saturated carbocycles. The van der Waals surface area contributed by atoms with Crippen LogP contribution in [0.2, 0.25) is 0 Å². The van der Waals surface area contributed by atoms with Gasteiger partial charge in [0.2, 0.25) is 17.7 Å². The van der Waals surface area contributed by atoms with E-state index in [1.54, 1.807) is 4.90 Å². The number of rotatable bonds is 6. The van der Waals surface area contributed by atoms with E-state index in [0.29, 0.717) is 19.4 Å². The molecule has 32 heavy (non-hydrogen) atoms. The van der Waals surface area contributed by atoms with Gasteiger partial charge in [-0.1, -0.05) is 55.8 Å². The Balaban J connectivity index is 1.69. The molecule has 0 aliphatic carbocycles. The number of aryl methyl sites for hydroxylation is 3. The summed E-state index contributed by atoms with van der Waals surface area (Å²) in [6.45, 7) is 10.2. The number of amides is 3. The van der Waals surface area contributed by atoms with Crippen LogP contribution in [0.15, 0.2) is 36.4 Å². The van der Waals surface area contributed by atoms with Crippen LogP contribution in [0.3, 0.4) is 0 Å². The summed E-state index contributed by atoms with van der Waals surface area (Å²) in [5, 5.41) is 5.65. The molecule has 2 N–H and O–H groups in total. The molecule has 1 aliphatic rings. The van der Waals surface area contributed by atoms with E-state index in [9.17, 15) is 14.4 Å². The van der Waals surface area contributed by atoms with E-state index in [1.165, 1.54) is 0 Å². The van der Waals surface area contributed by atoms with Crippen LogP contribution in [0.4, 0.5) is 5.69 Å². The van der Waals surface area contributed by atoms with Gasteiger partial charge in [0.25, 0.3) is 0 Å². The number of nitrogens with one attached hydrogen (secondary N) is 2. The molecule has 170 valence electrons. The van der Waals surface area contributed by atoms with Gasteiger partial charge in [-0.05, 0) is 48.9 Å². The first-order chi connectivity index (χ1) is 15.2. The molecule has 6 heteroatoms. The summed E-state index contributed by atoms with van der Waals surface area (Å²) in [5.41, 5.74) is 6.01. The van der Waals surface area contributed by atoms with Gasteiger partial charge in [0.15, 0.2) is 0 Å². The number of hydrogen-bond acceptors (Lipinski definition) is 3. The molecule has 1 heterocycles. The molecule has 1 atom stereocenters. The first-order valence-corrected chi connectivity index (χ1v) is 11.2. The Kier molecular flexibility index (Phi) is 7.33. The average molecular weight is 436 g/mol. The predicted molar refractivity (Wildman–Crippen MR) is 126 cm³/mol. The first kappa shape index (κ1) is 23.5. The van der Waals surface area contributed by atoms with Crippen molar-refractivity contribution in [2.45, 2.75) is 60.0 Å². The van der Waals surface area contributed by atoms with Gasteiger partial charge in [0, 0.05) is 25.1 Å². The summed E-state index contributed by atoms with van der Waals surface area (Å²) >= 11 is 0. The van der Waals surface area contributed by atoms with Crippen molar-refractivity contribution in [3.05, 3.63) is 64.2 Å². The highest BCUT2D eigenvalue weighted by atomic mass is 16.2. The van der Waals surface area contributed by atoms with Crippen LogP contribution in [-0.2, 0) is 27.3 Å². The van der Waals surface area contributed by atoms with Crippen molar-refractivity contribution in [3.8, 4) is 0 Å². The van der Waals surface area contributed by atoms with E-state index in [-0.39, 0.29) is 30.2 Å². The number of hydrogen-bond donors (Lipinski definition) is 2. The maximum atomic E-state index is 13.1. The van der Waals surface area contributed by atoms with Gasteiger partial charge in [-0.3, -0.25) is 14.4 Å². The highest BCUT2D eigenvalue weighted by Crippen LogP contribution is 2.25. The Morgan fingerprint density at radius 1 is 1.03 bits per heavy atom. The van der Waals surface area contributed by atoms with Crippen LogP contribution in [-0.4, -0.2) is 35.2 Å². The summed E-state index contributed by atoms with van der Waals surface area (Å²) in [6, 6.07) is 11.3. The van der Waals surface area contributed by atoms with Gasteiger partial charge in [-0.15, -0.1) is 0 Å². The maximum absolute atomic E-state index is 13.1. The smallest absolute Gasteiger partial charge is 0.243 e. The summed E-state index contributed by atoms with van der Waals surface area (Å²) in [7, 11) is 0. The third-order valence-corrected chi connectivity index (χ3v) is 5.82. The molecule has 0 fully saturated rings. The molecule has 3 amide bonds. The van der Waals surface area contributed by atoms with Gasteiger partial charge in [0.05, 0.1) is 6.54 Å². The fourth-order valence-electron chi connectivity index (χ4n) is 4.33. The largest absolute Gasteiger partial charge is 0.345 e. The number of nitrogens with zero attached hydrogens (tertiary/aromatic N) is 1. The third kappa shape index (κ3) is 5.55. The van der Waals surface area contributed by atoms with Gasteiger partial charge >= 0.3 is 0 Å². The van der Waals surface area contributed by atoms with Crippen LogP contribution < -0.4 is 10.6 Å². The second-order valence-corrected chi connectivity index (χ2v) is 9.15. The normalized spacial score (nSPS) is 15.3. The lowest BCUT2D eigenvalue weighted by Gasteiger charge is -2.36. The summed E-state index contributed by atoms with van der Waals surface area (Å²) in [6.07, 6.45) is 0.835. The van der Waals surface area contributed by atoms with Gasteiger partial charge in [-0.2, -0.15) is 0 Å². The van der Waals surface area contributed by atoms with Crippen molar-refractivity contribution >= 4 is 23.4 Å². The average Bonchev–Trinajstić information content (AvgIpc) is 2.73. The monoisotopic (exact) mass is 435 g/mol. The lowest BCUT2D eigenvalue weighted by Crippen LogP contribution is -2.53. The fourth-order valence-corrected chi connectivity index (χ4v) is 4.33. The van der Waals surface area contributed by atoms with E-state index in [2.05, 4.69) is 10.6 Å². The molecule has 0 saturated heterocycles. The molecule has 1 aliphatic heterocycles. The highest BCUT2D eigenvalue weighted by molar-refractivity contribution is 5.97. The van der Waals surface area contributed by atoms with Crippen LogP contribution in [0, 0.1) is 26.7 Å². The number of fused-ring (bicyclic) bond motifs is 1. The van der Waals surface area contributed by atoms with Gasteiger partial charge in [-0.25, -0.2) is 0 Å². The van der Waals surface area contributed by atoms with E-state index in [4.69, 9.17) is 0 Å². The Hall–Kier alpha value is -3.15. The van der Waals surface area contributed by atoms with Crippen LogP contribution in [0.25, 0.3) is 0 Å². The Morgan fingerprint density at radius 2 is 1.66 bits per heavy atom. The van der Waals surface area contributed by atoms with Crippen molar-refractivity contribution in [3.63, 3.8) is 0 Å². The van der Waals surface area contributed by atoms with Crippen LogP contribution in [0.1, 0.15) is 48.1 Å². The molecule has 0 radical (unpaired) electrons. The molecule has 2 aromatic rings. The van der Waals surface area contributed by atoms with Crippen molar-refractivity contribution in [2.75, 3.05) is 11.9 Å². The lowest BCUT2D eigenvalue weighted by molar-refractivity contribution is -0.142. The van der Waals surface area contributed by atoms with Crippen molar-refractivity contribution < 1.29 is 14.4 Å². The summed E-state index contributed by atoms with van der Waals surface area (Å²) < 4.78 is 0. The topological polar surface area (TPSA) is 78.5 Å². The number of carbonyl (C=O) groups excluding carboxylic acids is 3. The number of carbonyl (C=O) groups is 3. The SMILES string of the molecule is Cc1cc(C)c(NC(=O)CNC(=O)C2Cc3ccccc3CN2C(=O)CC(C)C)c(C)c1.